The van der Waals surface area contributed by atoms with Crippen LogP contribution in [0.1, 0.15) is 41.0 Å². The van der Waals surface area contributed by atoms with Crippen molar-refractivity contribution in [3.8, 4) is 0 Å². The highest BCUT2D eigenvalue weighted by Crippen LogP contribution is 2.46. The number of aromatic nitrogens is 2. The molecule has 2 unspecified atom stereocenters. The summed E-state index contributed by atoms with van der Waals surface area (Å²) >= 11 is 3.78. The van der Waals surface area contributed by atoms with Crippen LogP contribution in [0.4, 0.5) is 0 Å². The Morgan fingerprint density at radius 1 is 1.36 bits per heavy atom. The number of nitrogens with one attached hydrogen (secondary N) is 2. The minimum absolute atomic E-state index is 0.0325. The number of halogens is 1. The lowest BCUT2D eigenvalue weighted by molar-refractivity contribution is 0.0150. The van der Waals surface area contributed by atoms with Crippen LogP contribution in [0, 0.1) is 14.2 Å². The maximum Gasteiger partial charge on any atom is 0.253 e. The summed E-state index contributed by atoms with van der Waals surface area (Å²) in [6.45, 7) is 4.90. The van der Waals surface area contributed by atoms with E-state index in [-0.39, 0.29) is 23.3 Å². The molecule has 6 nitrogen and oxygen atoms in total. The van der Waals surface area contributed by atoms with Gasteiger partial charge in [-0.2, -0.15) is 5.10 Å². The smallest absolute Gasteiger partial charge is 0.253 e. The summed E-state index contributed by atoms with van der Waals surface area (Å²) in [4.78, 5) is 25.1. The summed E-state index contributed by atoms with van der Waals surface area (Å²) in [7, 11) is 0. The Balaban J connectivity index is 1.35. The predicted octanol–water partition coefficient (Wildman–Crippen LogP) is 3.57. The summed E-state index contributed by atoms with van der Waals surface area (Å²) in [5, 5.41) is 12.3. The second kappa shape index (κ2) is 7.47. The van der Waals surface area contributed by atoms with Crippen LogP contribution in [0.25, 0.3) is 5.52 Å². The third kappa shape index (κ3) is 3.55. The van der Waals surface area contributed by atoms with E-state index in [1.54, 1.807) is 22.0 Å². The van der Waals surface area contributed by atoms with E-state index >= 15 is 0 Å². The Bertz CT molecular complexity index is 1040. The van der Waals surface area contributed by atoms with Gasteiger partial charge in [0.1, 0.15) is 0 Å². The van der Waals surface area contributed by atoms with Gasteiger partial charge < -0.3 is 10.6 Å². The fourth-order valence-corrected chi connectivity index (χ4v) is 5.06. The molecule has 8 heteroatoms. The molecule has 28 heavy (non-hydrogen) atoms. The van der Waals surface area contributed by atoms with Crippen molar-refractivity contribution in [2.45, 2.75) is 26.3 Å². The Labute approximate surface area is 180 Å². The zero-order chi connectivity index (χ0) is 19.9. The quantitative estimate of drug-likeness (QED) is 0.518. The first-order chi connectivity index (χ1) is 13.4. The Morgan fingerprint density at radius 2 is 2.18 bits per heavy atom. The Hall–Kier alpha value is -1.94. The van der Waals surface area contributed by atoms with Crippen molar-refractivity contribution in [1.82, 2.24) is 20.2 Å². The molecule has 1 fully saturated rings. The van der Waals surface area contributed by atoms with Crippen LogP contribution in [-0.2, 0) is 0 Å². The highest BCUT2D eigenvalue weighted by molar-refractivity contribution is 14.1. The van der Waals surface area contributed by atoms with Crippen LogP contribution in [0.5, 0.6) is 0 Å². The third-order valence-corrected chi connectivity index (χ3v) is 7.58. The van der Waals surface area contributed by atoms with E-state index in [1.807, 2.05) is 35.8 Å². The van der Waals surface area contributed by atoms with Crippen LogP contribution >= 0.6 is 33.9 Å². The lowest BCUT2D eigenvalue weighted by Gasteiger charge is -2.52. The number of rotatable bonds is 5. The molecule has 1 saturated carbocycles. The molecule has 1 aliphatic rings. The van der Waals surface area contributed by atoms with Crippen molar-refractivity contribution in [3.05, 3.63) is 56.0 Å². The molecule has 0 spiro atoms. The molecule has 3 heterocycles. The molecular formula is C20H21IN4O2S. The first kappa shape index (κ1) is 19.4. The van der Waals surface area contributed by atoms with Gasteiger partial charge in [-0.05, 0) is 64.6 Å². The van der Waals surface area contributed by atoms with E-state index in [4.69, 9.17) is 0 Å². The van der Waals surface area contributed by atoms with E-state index in [2.05, 4.69) is 52.2 Å². The number of carbonyl (C=O) groups is 2. The highest BCUT2D eigenvalue weighted by atomic mass is 127. The van der Waals surface area contributed by atoms with Crippen LogP contribution in [-0.4, -0.2) is 34.0 Å². The fraction of sp³-hybridized carbons (Fsp3) is 0.350. The van der Waals surface area contributed by atoms with Gasteiger partial charge in [0.15, 0.2) is 0 Å². The monoisotopic (exact) mass is 508 g/mol. The minimum Gasteiger partial charge on any atom is -0.352 e. The molecule has 0 bridgehead atoms. The van der Waals surface area contributed by atoms with Gasteiger partial charge in [-0.15, -0.1) is 11.3 Å². The molecule has 2 atom stereocenters. The van der Waals surface area contributed by atoms with Crippen molar-refractivity contribution in [2.75, 3.05) is 6.54 Å². The van der Waals surface area contributed by atoms with Crippen LogP contribution < -0.4 is 10.6 Å². The number of amides is 2. The van der Waals surface area contributed by atoms with Crippen LogP contribution in [0.15, 0.2) is 42.0 Å². The van der Waals surface area contributed by atoms with E-state index in [1.165, 1.54) is 0 Å². The number of hydrogen-bond acceptors (Lipinski definition) is 4. The lowest BCUT2D eigenvalue weighted by Crippen LogP contribution is -2.60. The number of pyridine rings is 1. The molecule has 3 aromatic rings. The second-order valence-electron chi connectivity index (χ2n) is 7.71. The summed E-state index contributed by atoms with van der Waals surface area (Å²) in [6, 6.07) is 7.45. The topological polar surface area (TPSA) is 75.5 Å². The summed E-state index contributed by atoms with van der Waals surface area (Å²) < 4.78 is 2.80. The summed E-state index contributed by atoms with van der Waals surface area (Å²) in [5.74, 6) is 0.208. The maximum absolute atomic E-state index is 12.8. The molecule has 0 radical (unpaired) electrons. The second-order valence-corrected chi connectivity index (χ2v) is 10.5. The van der Waals surface area contributed by atoms with Crippen LogP contribution in [0.2, 0.25) is 0 Å². The Morgan fingerprint density at radius 3 is 2.89 bits per heavy atom. The fourth-order valence-electron chi connectivity index (χ4n) is 3.73. The predicted molar refractivity (Wildman–Crippen MR) is 118 cm³/mol. The zero-order valence-corrected chi connectivity index (χ0v) is 18.6. The standard InChI is InChI=1S/C20H21IN4O2S/c1-20(2)13(10-22-18(26)12-8-17(21)28-11-12)9-16(20)24-19(27)14-4-3-7-25-15(14)5-6-23-25/h3-8,11,13,16H,9-10H2,1-2H3,(H,22,26)(H,24,27). The number of thiophene rings is 1. The first-order valence-corrected chi connectivity index (χ1v) is 11.1. The van der Waals surface area contributed by atoms with Gasteiger partial charge >= 0.3 is 0 Å². The molecule has 4 rings (SSSR count). The molecular weight excluding hydrogens is 487 g/mol. The van der Waals surface area contributed by atoms with Gasteiger partial charge in [-0.1, -0.05) is 13.8 Å². The Kier molecular flexibility index (Phi) is 5.17. The van der Waals surface area contributed by atoms with E-state index in [0.717, 1.165) is 14.8 Å². The largest absolute Gasteiger partial charge is 0.352 e. The molecule has 2 amide bonds. The third-order valence-electron chi connectivity index (χ3n) is 5.80. The molecule has 0 aromatic carbocycles. The number of fused-ring (bicyclic) bond motifs is 1. The molecule has 1 aliphatic carbocycles. The zero-order valence-electron chi connectivity index (χ0n) is 15.6. The number of hydrogen-bond donors (Lipinski definition) is 2. The van der Waals surface area contributed by atoms with E-state index in [0.29, 0.717) is 23.6 Å². The first-order valence-electron chi connectivity index (χ1n) is 9.11. The highest BCUT2D eigenvalue weighted by Gasteiger charge is 2.48. The van der Waals surface area contributed by atoms with Crippen LogP contribution in [0.3, 0.4) is 0 Å². The van der Waals surface area contributed by atoms with Crippen molar-refractivity contribution >= 4 is 51.3 Å². The van der Waals surface area contributed by atoms with Gasteiger partial charge in [-0.3, -0.25) is 9.59 Å². The molecule has 3 aromatic heterocycles. The number of carbonyl (C=O) groups excluding carboxylic acids is 2. The van der Waals surface area contributed by atoms with Gasteiger partial charge in [0, 0.05) is 24.2 Å². The van der Waals surface area contributed by atoms with Crippen molar-refractivity contribution in [1.29, 1.82) is 0 Å². The number of nitrogens with zero attached hydrogens (tertiary/aromatic N) is 2. The van der Waals surface area contributed by atoms with Gasteiger partial charge in [0.05, 0.1) is 25.7 Å². The van der Waals surface area contributed by atoms with E-state index < -0.39 is 0 Å². The maximum atomic E-state index is 12.8. The minimum atomic E-state index is -0.0860. The molecule has 2 N–H and O–H groups in total. The molecule has 146 valence electrons. The molecule has 0 saturated heterocycles. The normalized spacial score (nSPS) is 20.5. The van der Waals surface area contributed by atoms with Crippen molar-refractivity contribution in [2.24, 2.45) is 11.3 Å². The lowest BCUT2D eigenvalue weighted by atomic mass is 9.58. The molecule has 0 aliphatic heterocycles. The van der Waals surface area contributed by atoms with Gasteiger partial charge in [0.25, 0.3) is 11.8 Å². The average molecular weight is 508 g/mol. The average Bonchev–Trinajstić information content (AvgIpc) is 3.32. The van der Waals surface area contributed by atoms with Crippen molar-refractivity contribution in [3.63, 3.8) is 0 Å². The van der Waals surface area contributed by atoms with Gasteiger partial charge in [-0.25, -0.2) is 4.52 Å². The summed E-state index contributed by atoms with van der Waals surface area (Å²) in [6.07, 6.45) is 4.36. The summed E-state index contributed by atoms with van der Waals surface area (Å²) in [5.41, 5.74) is 2.05. The van der Waals surface area contributed by atoms with E-state index in [9.17, 15) is 9.59 Å². The SMILES string of the molecule is CC1(C)C(CNC(=O)c2csc(I)c2)CC1NC(=O)c1cccn2nccc12. The van der Waals surface area contributed by atoms with Gasteiger partial charge in [0.2, 0.25) is 0 Å². The van der Waals surface area contributed by atoms with Crippen molar-refractivity contribution < 1.29 is 9.59 Å².